The van der Waals surface area contributed by atoms with Gasteiger partial charge in [-0.15, -0.1) is 0 Å². The van der Waals surface area contributed by atoms with Crippen LogP contribution >= 0.6 is 12.6 Å². The standard InChI is InChI=1S/C15H16N2O4S/c18-12-6-10(8-22)21-14(12)17-11(7-13(19)16-15(17)20)9-4-2-1-3-5-9/h1-5,7,10,12,14,18,22H,6,8H2,(H,16,19,20)/t10-,12+,14+/m0/s1. The third-order valence-corrected chi connectivity index (χ3v) is 4.08. The van der Waals surface area contributed by atoms with Crippen molar-refractivity contribution in [2.75, 3.05) is 5.75 Å². The molecule has 0 radical (unpaired) electrons. The molecule has 3 atom stereocenters. The zero-order valence-electron chi connectivity index (χ0n) is 11.7. The Morgan fingerprint density at radius 2 is 2.05 bits per heavy atom. The largest absolute Gasteiger partial charge is 0.388 e. The van der Waals surface area contributed by atoms with Gasteiger partial charge in [0.2, 0.25) is 0 Å². The molecule has 1 fully saturated rings. The van der Waals surface area contributed by atoms with E-state index in [-0.39, 0.29) is 6.10 Å². The summed E-state index contributed by atoms with van der Waals surface area (Å²) in [7, 11) is 0. The highest BCUT2D eigenvalue weighted by Gasteiger charge is 2.36. The molecule has 1 aliphatic heterocycles. The average Bonchev–Trinajstić information content (AvgIpc) is 2.88. The van der Waals surface area contributed by atoms with Crippen molar-refractivity contribution in [1.82, 2.24) is 9.55 Å². The van der Waals surface area contributed by atoms with Gasteiger partial charge in [0.25, 0.3) is 5.56 Å². The molecule has 2 N–H and O–H groups in total. The molecule has 116 valence electrons. The van der Waals surface area contributed by atoms with Gasteiger partial charge in [-0.05, 0) is 5.56 Å². The summed E-state index contributed by atoms with van der Waals surface area (Å²) in [5, 5.41) is 10.2. The number of aromatic nitrogens is 2. The van der Waals surface area contributed by atoms with Crippen LogP contribution in [0.15, 0.2) is 46.0 Å². The Hall–Kier alpha value is -1.83. The summed E-state index contributed by atoms with van der Waals surface area (Å²) in [6.45, 7) is 0. The van der Waals surface area contributed by atoms with Gasteiger partial charge in [0.1, 0.15) is 6.10 Å². The number of aliphatic hydroxyl groups is 1. The Balaban J connectivity index is 2.15. The van der Waals surface area contributed by atoms with Crippen LogP contribution in [0.3, 0.4) is 0 Å². The predicted molar refractivity (Wildman–Crippen MR) is 85.1 cm³/mol. The highest BCUT2D eigenvalue weighted by Crippen LogP contribution is 2.31. The summed E-state index contributed by atoms with van der Waals surface area (Å²) in [4.78, 5) is 26.1. The van der Waals surface area contributed by atoms with Crippen molar-refractivity contribution in [2.45, 2.75) is 24.9 Å². The number of hydrogen-bond acceptors (Lipinski definition) is 5. The molecule has 1 aliphatic rings. The summed E-state index contributed by atoms with van der Waals surface area (Å²) < 4.78 is 7.00. The highest BCUT2D eigenvalue weighted by atomic mass is 32.1. The minimum Gasteiger partial charge on any atom is -0.388 e. The van der Waals surface area contributed by atoms with Crippen molar-refractivity contribution in [1.29, 1.82) is 0 Å². The lowest BCUT2D eigenvalue weighted by Crippen LogP contribution is -2.36. The number of nitrogens with zero attached hydrogens (tertiary/aromatic N) is 1. The lowest BCUT2D eigenvalue weighted by molar-refractivity contribution is -0.0324. The van der Waals surface area contributed by atoms with E-state index in [1.54, 1.807) is 12.1 Å². The van der Waals surface area contributed by atoms with Gasteiger partial charge in [0, 0.05) is 18.2 Å². The van der Waals surface area contributed by atoms with Crippen LogP contribution in [0.5, 0.6) is 0 Å². The number of nitrogens with one attached hydrogen (secondary N) is 1. The van der Waals surface area contributed by atoms with Gasteiger partial charge >= 0.3 is 5.69 Å². The van der Waals surface area contributed by atoms with Gasteiger partial charge in [-0.2, -0.15) is 12.6 Å². The maximum absolute atomic E-state index is 12.3. The zero-order valence-corrected chi connectivity index (χ0v) is 12.6. The molecule has 0 amide bonds. The van der Waals surface area contributed by atoms with Crippen molar-refractivity contribution in [3.05, 3.63) is 57.2 Å². The van der Waals surface area contributed by atoms with Gasteiger partial charge in [0.05, 0.1) is 11.8 Å². The van der Waals surface area contributed by atoms with Crippen LogP contribution in [0.25, 0.3) is 11.3 Å². The fourth-order valence-corrected chi connectivity index (χ4v) is 2.90. The van der Waals surface area contributed by atoms with E-state index in [4.69, 9.17) is 4.74 Å². The molecule has 0 bridgehead atoms. The minimum atomic E-state index is -0.836. The average molecular weight is 320 g/mol. The van der Waals surface area contributed by atoms with Crippen LogP contribution in [0.4, 0.5) is 0 Å². The van der Waals surface area contributed by atoms with Crippen LogP contribution in [0.2, 0.25) is 0 Å². The number of ether oxygens (including phenoxy) is 1. The van der Waals surface area contributed by atoms with Crippen molar-refractivity contribution in [3.63, 3.8) is 0 Å². The van der Waals surface area contributed by atoms with E-state index in [0.717, 1.165) is 0 Å². The lowest BCUT2D eigenvalue weighted by Gasteiger charge is -2.21. The molecule has 3 rings (SSSR count). The second kappa shape index (κ2) is 6.12. The number of aliphatic hydroxyl groups excluding tert-OH is 1. The van der Waals surface area contributed by atoms with Crippen LogP contribution in [0, 0.1) is 0 Å². The Morgan fingerprint density at radius 1 is 1.32 bits per heavy atom. The summed E-state index contributed by atoms with van der Waals surface area (Å²) in [5.74, 6) is 0.451. The monoisotopic (exact) mass is 320 g/mol. The van der Waals surface area contributed by atoms with Gasteiger partial charge < -0.3 is 9.84 Å². The molecular formula is C15H16N2O4S. The van der Waals surface area contributed by atoms with E-state index in [2.05, 4.69) is 17.6 Å². The number of hydrogen-bond donors (Lipinski definition) is 3. The second-order valence-corrected chi connectivity index (χ2v) is 5.56. The third kappa shape index (κ3) is 2.75. The van der Waals surface area contributed by atoms with E-state index in [1.807, 2.05) is 18.2 Å². The molecule has 7 heteroatoms. The normalized spacial score (nSPS) is 24.5. The molecule has 2 aromatic rings. The summed E-state index contributed by atoms with van der Waals surface area (Å²) in [6.07, 6.45) is -1.50. The summed E-state index contributed by atoms with van der Waals surface area (Å²) >= 11 is 4.17. The molecule has 6 nitrogen and oxygen atoms in total. The van der Waals surface area contributed by atoms with Crippen molar-refractivity contribution < 1.29 is 9.84 Å². The highest BCUT2D eigenvalue weighted by molar-refractivity contribution is 7.80. The molecule has 1 aromatic carbocycles. The fraction of sp³-hybridized carbons (Fsp3) is 0.333. The number of thiol groups is 1. The maximum atomic E-state index is 12.3. The second-order valence-electron chi connectivity index (χ2n) is 5.19. The smallest absolute Gasteiger partial charge is 0.331 e. The van der Waals surface area contributed by atoms with Gasteiger partial charge in [-0.1, -0.05) is 30.3 Å². The maximum Gasteiger partial charge on any atom is 0.331 e. The summed E-state index contributed by atoms with van der Waals surface area (Å²) in [6, 6.07) is 10.4. The van der Waals surface area contributed by atoms with E-state index < -0.39 is 23.6 Å². The SMILES string of the molecule is O=c1cc(-c2ccccc2)n([C@@H]2O[C@H](CS)C[C@H]2O)c(=O)[nH]1. The third-order valence-electron chi connectivity index (χ3n) is 3.67. The minimum absolute atomic E-state index is 0.231. The predicted octanol–water partition coefficient (Wildman–Crippen LogP) is 0.782. The molecule has 0 spiro atoms. The molecule has 0 unspecified atom stereocenters. The zero-order chi connectivity index (χ0) is 15.7. The van der Waals surface area contributed by atoms with Crippen molar-refractivity contribution in [3.8, 4) is 11.3 Å². The van der Waals surface area contributed by atoms with E-state index in [9.17, 15) is 14.7 Å². The molecule has 1 saturated heterocycles. The Labute approximate surface area is 131 Å². The molecule has 2 heterocycles. The Morgan fingerprint density at radius 3 is 2.68 bits per heavy atom. The summed E-state index contributed by atoms with van der Waals surface area (Å²) in [5.41, 5.74) is 0.0302. The van der Waals surface area contributed by atoms with Crippen LogP contribution in [0.1, 0.15) is 12.6 Å². The van der Waals surface area contributed by atoms with Gasteiger partial charge in [-0.25, -0.2) is 4.79 Å². The first-order valence-corrected chi connectivity index (χ1v) is 7.59. The number of rotatable bonds is 3. The number of benzene rings is 1. The number of aromatic amines is 1. The van der Waals surface area contributed by atoms with Crippen molar-refractivity contribution in [2.24, 2.45) is 0 Å². The molecule has 22 heavy (non-hydrogen) atoms. The van der Waals surface area contributed by atoms with Crippen LogP contribution in [-0.2, 0) is 4.74 Å². The molecular weight excluding hydrogens is 304 g/mol. The Kier molecular flexibility index (Phi) is 4.19. The topological polar surface area (TPSA) is 84.3 Å². The van der Waals surface area contributed by atoms with Crippen LogP contribution in [-0.4, -0.2) is 32.6 Å². The molecule has 0 aliphatic carbocycles. The first kappa shape index (κ1) is 15.1. The van der Waals surface area contributed by atoms with E-state index in [0.29, 0.717) is 23.4 Å². The molecule has 0 saturated carbocycles. The molecule has 1 aromatic heterocycles. The van der Waals surface area contributed by atoms with Crippen molar-refractivity contribution >= 4 is 12.6 Å². The van der Waals surface area contributed by atoms with E-state index in [1.165, 1.54) is 10.6 Å². The van der Waals surface area contributed by atoms with Gasteiger partial charge in [0.15, 0.2) is 6.23 Å². The first-order chi connectivity index (χ1) is 10.6. The lowest BCUT2D eigenvalue weighted by atomic mass is 10.1. The first-order valence-electron chi connectivity index (χ1n) is 6.96. The van der Waals surface area contributed by atoms with Gasteiger partial charge in [-0.3, -0.25) is 14.3 Å². The fourth-order valence-electron chi connectivity index (χ4n) is 2.67. The quantitative estimate of drug-likeness (QED) is 0.730. The Bertz CT molecular complexity index is 771. The van der Waals surface area contributed by atoms with Crippen LogP contribution < -0.4 is 11.2 Å². The van der Waals surface area contributed by atoms with E-state index >= 15 is 0 Å². The number of H-pyrrole nitrogens is 1.